The van der Waals surface area contributed by atoms with E-state index in [2.05, 4.69) is 10.4 Å². The molecule has 0 radical (unpaired) electrons. The van der Waals surface area contributed by atoms with Crippen molar-refractivity contribution in [2.75, 3.05) is 19.4 Å². The van der Waals surface area contributed by atoms with Crippen LogP contribution in [0, 0.1) is 6.92 Å². The first-order valence-electron chi connectivity index (χ1n) is 5.55. The van der Waals surface area contributed by atoms with Crippen molar-refractivity contribution < 1.29 is 9.53 Å². The Morgan fingerprint density at radius 3 is 2.88 bits per heavy atom. The number of carbonyl (C=O) groups excluding carboxylic acids is 1. The summed E-state index contributed by atoms with van der Waals surface area (Å²) in [5.74, 6) is 0.135. The number of hydrogen-bond donors (Lipinski definition) is 1. The van der Waals surface area contributed by atoms with Gasteiger partial charge in [0.25, 0.3) is 0 Å². The Morgan fingerprint density at radius 2 is 2.29 bits per heavy atom. The Bertz CT molecular complexity index is 390. The van der Waals surface area contributed by atoms with Gasteiger partial charge >= 0.3 is 5.97 Å². The van der Waals surface area contributed by atoms with Gasteiger partial charge in [-0.05, 0) is 20.9 Å². The third kappa shape index (κ3) is 3.74. The minimum Gasteiger partial charge on any atom is -0.465 e. The van der Waals surface area contributed by atoms with Crippen LogP contribution < -0.4 is 5.32 Å². The highest BCUT2D eigenvalue weighted by Gasteiger charge is 2.14. The Balaban J connectivity index is 2.72. The zero-order valence-electron chi connectivity index (χ0n) is 10.7. The standard InChI is InChI=1S/C11H19N3O2S/c1-5-16-10(15)7-17-11-9(6-12-3)8(2)13-14(11)4/h12H,5-7H2,1-4H3. The molecule has 0 amide bonds. The molecule has 0 bridgehead atoms. The second kappa shape index (κ2) is 6.66. The van der Waals surface area contributed by atoms with Crippen molar-refractivity contribution in [3.8, 4) is 0 Å². The van der Waals surface area contributed by atoms with E-state index < -0.39 is 0 Å². The smallest absolute Gasteiger partial charge is 0.316 e. The average molecular weight is 257 g/mol. The first-order chi connectivity index (χ1) is 8.10. The molecule has 0 saturated carbocycles. The van der Waals surface area contributed by atoms with Crippen LogP contribution >= 0.6 is 11.8 Å². The Labute approximate surface area is 106 Å². The third-order valence-electron chi connectivity index (χ3n) is 2.27. The molecular weight excluding hydrogens is 238 g/mol. The van der Waals surface area contributed by atoms with Gasteiger partial charge in [0.05, 0.1) is 23.1 Å². The number of thioether (sulfide) groups is 1. The molecule has 1 N–H and O–H groups in total. The summed E-state index contributed by atoms with van der Waals surface area (Å²) in [6.45, 7) is 4.96. The lowest BCUT2D eigenvalue weighted by Crippen LogP contribution is -2.09. The van der Waals surface area contributed by atoms with Gasteiger partial charge in [-0.1, -0.05) is 11.8 Å². The van der Waals surface area contributed by atoms with Crippen LogP contribution in [-0.2, 0) is 23.1 Å². The minimum atomic E-state index is -0.188. The number of nitrogens with zero attached hydrogens (tertiary/aromatic N) is 2. The van der Waals surface area contributed by atoms with Crippen molar-refractivity contribution in [1.82, 2.24) is 15.1 Å². The summed E-state index contributed by atoms with van der Waals surface area (Å²) in [5, 5.41) is 8.48. The maximum absolute atomic E-state index is 11.3. The first-order valence-corrected chi connectivity index (χ1v) is 6.54. The molecule has 1 aromatic rings. The summed E-state index contributed by atoms with van der Waals surface area (Å²) in [7, 11) is 3.78. The highest BCUT2D eigenvalue weighted by Crippen LogP contribution is 2.24. The van der Waals surface area contributed by atoms with E-state index in [1.165, 1.54) is 11.8 Å². The quantitative estimate of drug-likeness (QED) is 0.611. The molecule has 0 unspecified atom stereocenters. The molecular formula is C11H19N3O2S. The maximum Gasteiger partial charge on any atom is 0.316 e. The summed E-state index contributed by atoms with van der Waals surface area (Å²) in [6, 6.07) is 0. The normalized spacial score (nSPS) is 10.6. The van der Waals surface area contributed by atoms with E-state index in [0.717, 1.165) is 22.8 Å². The fourth-order valence-electron chi connectivity index (χ4n) is 1.57. The van der Waals surface area contributed by atoms with E-state index in [0.29, 0.717) is 12.4 Å². The first kappa shape index (κ1) is 14.1. The summed E-state index contributed by atoms with van der Waals surface area (Å²) in [5.41, 5.74) is 2.14. The van der Waals surface area contributed by atoms with Crippen molar-refractivity contribution in [2.24, 2.45) is 7.05 Å². The number of aromatic nitrogens is 2. The number of rotatable bonds is 6. The predicted molar refractivity (Wildman–Crippen MR) is 68.1 cm³/mol. The summed E-state index contributed by atoms with van der Waals surface area (Å²) >= 11 is 1.47. The molecule has 0 aliphatic heterocycles. The molecule has 1 heterocycles. The van der Waals surface area contributed by atoms with Gasteiger partial charge in [0.1, 0.15) is 0 Å². The third-order valence-corrected chi connectivity index (χ3v) is 3.44. The second-order valence-electron chi connectivity index (χ2n) is 3.62. The zero-order valence-corrected chi connectivity index (χ0v) is 11.6. The lowest BCUT2D eigenvalue weighted by Gasteiger charge is -2.05. The predicted octanol–water partition coefficient (Wildman–Crippen LogP) is 1.10. The van der Waals surface area contributed by atoms with Crippen LogP contribution in [0.4, 0.5) is 0 Å². The summed E-state index contributed by atoms with van der Waals surface area (Å²) in [4.78, 5) is 11.3. The van der Waals surface area contributed by atoms with E-state index in [1.807, 2.05) is 32.6 Å². The number of nitrogens with one attached hydrogen (secondary N) is 1. The van der Waals surface area contributed by atoms with E-state index in [9.17, 15) is 4.79 Å². The Kier molecular flexibility index (Phi) is 5.50. The number of ether oxygens (including phenoxy) is 1. The van der Waals surface area contributed by atoms with Crippen LogP contribution in [0.2, 0.25) is 0 Å². The van der Waals surface area contributed by atoms with Gasteiger partial charge in [0, 0.05) is 19.2 Å². The van der Waals surface area contributed by atoms with Gasteiger partial charge in [-0.25, -0.2) is 0 Å². The summed E-state index contributed by atoms with van der Waals surface area (Å²) < 4.78 is 6.72. The lowest BCUT2D eigenvalue weighted by molar-refractivity contribution is -0.139. The molecule has 0 aliphatic carbocycles. The maximum atomic E-state index is 11.3. The molecule has 5 nitrogen and oxygen atoms in total. The molecule has 6 heteroatoms. The van der Waals surface area contributed by atoms with Gasteiger partial charge in [0.15, 0.2) is 0 Å². The Hall–Kier alpha value is -1.01. The van der Waals surface area contributed by atoms with Gasteiger partial charge in [-0.3, -0.25) is 9.48 Å². The van der Waals surface area contributed by atoms with Gasteiger partial charge in [-0.15, -0.1) is 0 Å². The highest BCUT2D eigenvalue weighted by atomic mass is 32.2. The molecule has 0 aromatic carbocycles. The van der Waals surface area contributed by atoms with Crippen molar-refractivity contribution in [3.63, 3.8) is 0 Å². The largest absolute Gasteiger partial charge is 0.465 e. The van der Waals surface area contributed by atoms with Crippen LogP contribution in [0.3, 0.4) is 0 Å². The van der Waals surface area contributed by atoms with Gasteiger partial charge < -0.3 is 10.1 Å². The van der Waals surface area contributed by atoms with Crippen molar-refractivity contribution >= 4 is 17.7 Å². The van der Waals surface area contributed by atoms with E-state index >= 15 is 0 Å². The second-order valence-corrected chi connectivity index (χ2v) is 4.58. The molecule has 1 aromatic heterocycles. The molecule has 17 heavy (non-hydrogen) atoms. The lowest BCUT2D eigenvalue weighted by atomic mass is 10.3. The topological polar surface area (TPSA) is 56.1 Å². The number of aryl methyl sites for hydroxylation is 2. The van der Waals surface area contributed by atoms with Crippen LogP contribution in [0.1, 0.15) is 18.2 Å². The molecule has 1 rings (SSSR count). The van der Waals surface area contributed by atoms with Crippen LogP contribution in [0.15, 0.2) is 5.03 Å². The number of hydrogen-bond acceptors (Lipinski definition) is 5. The van der Waals surface area contributed by atoms with Crippen LogP contribution in [-0.4, -0.2) is 35.2 Å². The highest BCUT2D eigenvalue weighted by molar-refractivity contribution is 7.99. The monoisotopic (exact) mass is 257 g/mol. The van der Waals surface area contributed by atoms with E-state index in [-0.39, 0.29) is 5.97 Å². The fourth-order valence-corrected chi connectivity index (χ4v) is 2.53. The van der Waals surface area contributed by atoms with Crippen molar-refractivity contribution in [3.05, 3.63) is 11.3 Å². The molecule has 0 aliphatic rings. The van der Waals surface area contributed by atoms with E-state index in [1.54, 1.807) is 0 Å². The molecule has 96 valence electrons. The van der Waals surface area contributed by atoms with Crippen LogP contribution in [0.5, 0.6) is 0 Å². The fraction of sp³-hybridized carbons (Fsp3) is 0.636. The minimum absolute atomic E-state index is 0.188. The van der Waals surface area contributed by atoms with Gasteiger partial charge in [0.2, 0.25) is 0 Å². The molecule has 0 spiro atoms. The summed E-state index contributed by atoms with van der Waals surface area (Å²) in [6.07, 6.45) is 0. The van der Waals surface area contributed by atoms with Gasteiger partial charge in [-0.2, -0.15) is 5.10 Å². The molecule has 0 fully saturated rings. The number of carbonyl (C=O) groups is 1. The SMILES string of the molecule is CCOC(=O)CSc1c(CNC)c(C)nn1C. The van der Waals surface area contributed by atoms with Crippen molar-refractivity contribution in [2.45, 2.75) is 25.4 Å². The Morgan fingerprint density at radius 1 is 1.59 bits per heavy atom. The molecule has 0 saturated heterocycles. The molecule has 0 atom stereocenters. The number of esters is 1. The zero-order chi connectivity index (χ0) is 12.8. The van der Waals surface area contributed by atoms with E-state index in [4.69, 9.17) is 4.74 Å². The average Bonchev–Trinajstić information content (AvgIpc) is 2.53. The van der Waals surface area contributed by atoms with Crippen LogP contribution in [0.25, 0.3) is 0 Å². The van der Waals surface area contributed by atoms with Crippen molar-refractivity contribution in [1.29, 1.82) is 0 Å².